The molecule has 0 aromatic carbocycles. The van der Waals surface area contributed by atoms with Crippen molar-refractivity contribution >= 4 is 18.2 Å². The Balaban J connectivity index is 3.29. The van der Waals surface area contributed by atoms with Crippen LogP contribution in [0.1, 0.15) is 29.4 Å². The van der Waals surface area contributed by atoms with Gasteiger partial charge in [-0.25, -0.2) is 0 Å². The zero-order valence-electron chi connectivity index (χ0n) is 9.38. The first-order valence-corrected chi connectivity index (χ1v) is 5.01. The van der Waals surface area contributed by atoms with Gasteiger partial charge >= 0.3 is 0 Å². The van der Waals surface area contributed by atoms with Crippen LogP contribution in [0, 0.1) is 6.92 Å². The summed E-state index contributed by atoms with van der Waals surface area (Å²) in [4.78, 5) is 3.33. The molecule has 15 heavy (non-hydrogen) atoms. The van der Waals surface area contributed by atoms with Gasteiger partial charge in [0.05, 0.1) is 0 Å². The van der Waals surface area contributed by atoms with Crippen LogP contribution in [0.2, 0.25) is 0 Å². The molecule has 0 saturated carbocycles. The predicted molar refractivity (Wildman–Crippen MR) is 69.6 cm³/mol. The SMILES string of the molecule is C=C/C=C\c1[nH]c(C)c(/C=C\C)c1C=C. The summed E-state index contributed by atoms with van der Waals surface area (Å²) < 4.78 is 0. The maximum Gasteiger partial charge on any atom is 0.0462 e. The Kier molecular flexibility index (Phi) is 3.92. The quantitative estimate of drug-likeness (QED) is 0.699. The molecule has 0 unspecified atom stereocenters. The highest BCUT2D eigenvalue weighted by atomic mass is 14.7. The average Bonchev–Trinajstić information content (AvgIpc) is 2.53. The summed E-state index contributed by atoms with van der Waals surface area (Å²) in [6.45, 7) is 11.6. The molecule has 1 aromatic heterocycles. The lowest BCUT2D eigenvalue weighted by Crippen LogP contribution is -1.76. The smallest absolute Gasteiger partial charge is 0.0462 e. The molecule has 1 heteroatoms. The van der Waals surface area contributed by atoms with Crippen LogP contribution in [0.5, 0.6) is 0 Å². The van der Waals surface area contributed by atoms with Crippen LogP contribution < -0.4 is 0 Å². The minimum Gasteiger partial charge on any atom is -0.358 e. The molecule has 0 bridgehead atoms. The first-order valence-electron chi connectivity index (χ1n) is 5.01. The second-order valence-electron chi connectivity index (χ2n) is 3.29. The fraction of sp³-hybridized carbons (Fsp3) is 0.143. The predicted octanol–water partition coefficient (Wildman–Crippen LogP) is 4.20. The van der Waals surface area contributed by atoms with Gasteiger partial charge in [-0.15, -0.1) is 0 Å². The van der Waals surface area contributed by atoms with Crippen molar-refractivity contribution in [2.75, 3.05) is 0 Å². The number of aromatic amines is 1. The van der Waals surface area contributed by atoms with Gasteiger partial charge in [-0.05, 0) is 19.9 Å². The number of aryl methyl sites for hydroxylation is 1. The molecule has 0 saturated heterocycles. The molecule has 0 radical (unpaired) electrons. The van der Waals surface area contributed by atoms with E-state index in [1.54, 1.807) is 6.08 Å². The normalized spacial score (nSPS) is 11.3. The van der Waals surface area contributed by atoms with E-state index in [-0.39, 0.29) is 0 Å². The maximum atomic E-state index is 3.84. The van der Waals surface area contributed by atoms with E-state index in [1.165, 1.54) is 5.56 Å². The van der Waals surface area contributed by atoms with Crippen molar-refractivity contribution in [1.82, 2.24) is 4.98 Å². The summed E-state index contributed by atoms with van der Waals surface area (Å²) in [7, 11) is 0. The van der Waals surface area contributed by atoms with Gasteiger partial charge in [0.1, 0.15) is 0 Å². The van der Waals surface area contributed by atoms with Crippen molar-refractivity contribution in [3.8, 4) is 0 Å². The summed E-state index contributed by atoms with van der Waals surface area (Å²) in [6, 6.07) is 0. The Morgan fingerprint density at radius 1 is 1.13 bits per heavy atom. The second kappa shape index (κ2) is 5.20. The van der Waals surface area contributed by atoms with Crippen LogP contribution in [0.25, 0.3) is 18.2 Å². The number of allylic oxidation sites excluding steroid dienone is 3. The van der Waals surface area contributed by atoms with Gasteiger partial charge in [0.25, 0.3) is 0 Å². The molecule has 1 rings (SSSR count). The van der Waals surface area contributed by atoms with Gasteiger partial charge in [0.15, 0.2) is 0 Å². The van der Waals surface area contributed by atoms with Crippen molar-refractivity contribution < 1.29 is 0 Å². The first-order chi connectivity index (χ1) is 7.24. The van der Waals surface area contributed by atoms with E-state index in [2.05, 4.69) is 31.1 Å². The van der Waals surface area contributed by atoms with Gasteiger partial charge in [-0.2, -0.15) is 0 Å². The van der Waals surface area contributed by atoms with Crippen LogP contribution in [-0.4, -0.2) is 4.98 Å². The minimum atomic E-state index is 1.08. The van der Waals surface area contributed by atoms with E-state index in [0.29, 0.717) is 0 Å². The molecule has 1 aromatic rings. The minimum absolute atomic E-state index is 1.08. The zero-order valence-corrected chi connectivity index (χ0v) is 9.38. The molecule has 1 heterocycles. The molecule has 1 nitrogen and oxygen atoms in total. The van der Waals surface area contributed by atoms with E-state index < -0.39 is 0 Å². The van der Waals surface area contributed by atoms with Crippen molar-refractivity contribution in [1.29, 1.82) is 0 Å². The molecule has 0 fully saturated rings. The summed E-state index contributed by atoms with van der Waals surface area (Å²) in [5.74, 6) is 0. The molecule has 0 aliphatic heterocycles. The lowest BCUT2D eigenvalue weighted by atomic mass is 10.1. The van der Waals surface area contributed by atoms with E-state index in [4.69, 9.17) is 0 Å². The van der Waals surface area contributed by atoms with Crippen molar-refractivity contribution in [2.24, 2.45) is 0 Å². The summed E-state index contributed by atoms with van der Waals surface area (Å²) >= 11 is 0. The number of rotatable bonds is 4. The van der Waals surface area contributed by atoms with Crippen LogP contribution in [-0.2, 0) is 0 Å². The summed E-state index contributed by atoms with van der Waals surface area (Å²) in [6.07, 6.45) is 11.7. The van der Waals surface area contributed by atoms with Crippen molar-refractivity contribution in [2.45, 2.75) is 13.8 Å². The lowest BCUT2D eigenvalue weighted by molar-refractivity contribution is 1.24. The molecular formula is C14H17N. The van der Waals surface area contributed by atoms with Crippen LogP contribution in [0.15, 0.2) is 31.4 Å². The van der Waals surface area contributed by atoms with Gasteiger partial charge in [0, 0.05) is 22.5 Å². The highest BCUT2D eigenvalue weighted by Gasteiger charge is 2.07. The third kappa shape index (κ3) is 2.38. The fourth-order valence-corrected chi connectivity index (χ4v) is 1.58. The van der Waals surface area contributed by atoms with E-state index in [1.807, 2.05) is 31.2 Å². The lowest BCUT2D eigenvalue weighted by Gasteiger charge is -1.94. The number of aromatic nitrogens is 1. The van der Waals surface area contributed by atoms with Crippen LogP contribution in [0.4, 0.5) is 0 Å². The Hall–Kier alpha value is -1.76. The number of hydrogen-bond donors (Lipinski definition) is 1. The van der Waals surface area contributed by atoms with Gasteiger partial charge in [-0.3, -0.25) is 0 Å². The Bertz CT molecular complexity index is 417. The summed E-state index contributed by atoms with van der Waals surface area (Å²) in [5, 5.41) is 0. The third-order valence-electron chi connectivity index (χ3n) is 2.24. The Morgan fingerprint density at radius 2 is 1.87 bits per heavy atom. The first kappa shape index (κ1) is 11.3. The monoisotopic (exact) mass is 199 g/mol. The van der Waals surface area contributed by atoms with Crippen molar-refractivity contribution in [3.05, 3.63) is 53.9 Å². The highest BCUT2D eigenvalue weighted by molar-refractivity contribution is 5.74. The van der Waals surface area contributed by atoms with Crippen LogP contribution in [0.3, 0.4) is 0 Å². The molecule has 0 aliphatic carbocycles. The molecule has 78 valence electrons. The van der Waals surface area contributed by atoms with Gasteiger partial charge in [-0.1, -0.05) is 43.5 Å². The zero-order chi connectivity index (χ0) is 11.3. The topological polar surface area (TPSA) is 15.8 Å². The van der Waals surface area contributed by atoms with Gasteiger partial charge < -0.3 is 4.98 Å². The summed E-state index contributed by atoms with van der Waals surface area (Å²) in [5.41, 5.74) is 4.59. The highest BCUT2D eigenvalue weighted by Crippen LogP contribution is 2.22. The largest absolute Gasteiger partial charge is 0.358 e. The molecule has 0 atom stereocenters. The van der Waals surface area contributed by atoms with E-state index >= 15 is 0 Å². The van der Waals surface area contributed by atoms with Crippen LogP contribution >= 0.6 is 0 Å². The molecule has 0 spiro atoms. The van der Waals surface area contributed by atoms with Crippen molar-refractivity contribution in [3.63, 3.8) is 0 Å². The standard InChI is InChI=1S/C14H17N/c1-5-8-10-14-12(7-3)13(9-6-2)11(4)15-14/h5-10,15H,1,3H2,2,4H3/b9-6-,10-8-. The van der Waals surface area contributed by atoms with E-state index in [0.717, 1.165) is 17.0 Å². The number of hydrogen-bond acceptors (Lipinski definition) is 0. The Morgan fingerprint density at radius 3 is 2.40 bits per heavy atom. The molecule has 1 N–H and O–H groups in total. The number of nitrogens with one attached hydrogen (secondary N) is 1. The average molecular weight is 199 g/mol. The fourth-order valence-electron chi connectivity index (χ4n) is 1.58. The Labute approximate surface area is 91.5 Å². The second-order valence-corrected chi connectivity index (χ2v) is 3.29. The van der Waals surface area contributed by atoms with Gasteiger partial charge in [0.2, 0.25) is 0 Å². The molecule has 0 aliphatic rings. The number of H-pyrrole nitrogens is 1. The maximum absolute atomic E-state index is 3.84. The third-order valence-corrected chi connectivity index (χ3v) is 2.24. The molecule has 0 amide bonds. The van der Waals surface area contributed by atoms with E-state index in [9.17, 15) is 0 Å². The molecular weight excluding hydrogens is 182 g/mol.